The molecule has 5 nitrogen and oxygen atoms in total. The van der Waals surface area contributed by atoms with E-state index in [0.29, 0.717) is 27.9 Å². The highest BCUT2D eigenvalue weighted by atomic mass is 35.5. The molecule has 2 aromatic rings. The summed E-state index contributed by atoms with van der Waals surface area (Å²) in [7, 11) is 1.63. The van der Waals surface area contributed by atoms with Crippen molar-refractivity contribution in [2.24, 2.45) is 0 Å². The maximum Gasteiger partial charge on any atom is 0.339 e. The molecule has 0 aromatic heterocycles. The first-order valence-electron chi connectivity index (χ1n) is 7.68. The van der Waals surface area contributed by atoms with Gasteiger partial charge in [0.15, 0.2) is 5.11 Å². The fourth-order valence-corrected chi connectivity index (χ4v) is 2.55. The van der Waals surface area contributed by atoms with Gasteiger partial charge in [0.1, 0.15) is 5.75 Å². The molecule has 7 heteroatoms. The average Bonchev–Trinajstić information content (AvgIpc) is 2.62. The largest absolute Gasteiger partial charge is 0.496 e. The van der Waals surface area contributed by atoms with E-state index in [1.807, 2.05) is 24.3 Å². The molecule has 0 aliphatic heterocycles. The second-order valence-corrected chi connectivity index (χ2v) is 5.85. The van der Waals surface area contributed by atoms with Crippen molar-refractivity contribution in [1.29, 1.82) is 0 Å². The Morgan fingerprint density at radius 1 is 1.24 bits per heavy atom. The van der Waals surface area contributed by atoms with Gasteiger partial charge in [-0.25, -0.2) is 4.79 Å². The molecule has 2 rings (SSSR count). The first-order chi connectivity index (χ1) is 12.0. The average molecular weight is 379 g/mol. The van der Waals surface area contributed by atoms with Crippen molar-refractivity contribution in [2.75, 3.05) is 19.0 Å². The topological polar surface area (TPSA) is 59.6 Å². The lowest BCUT2D eigenvalue weighted by atomic mass is 10.2. The normalized spacial score (nSPS) is 10.0. The number of hydrogen-bond donors (Lipinski definition) is 2. The van der Waals surface area contributed by atoms with Crippen LogP contribution < -0.4 is 15.4 Å². The Hall–Kier alpha value is -2.31. The zero-order chi connectivity index (χ0) is 18.2. The van der Waals surface area contributed by atoms with Crippen molar-refractivity contribution in [3.05, 3.63) is 58.6 Å². The number of carbonyl (C=O) groups excluding carboxylic acids is 1. The molecule has 0 fully saturated rings. The number of esters is 1. The Bertz CT molecular complexity index is 768. The monoisotopic (exact) mass is 378 g/mol. The third-order valence-corrected chi connectivity index (χ3v) is 3.93. The van der Waals surface area contributed by atoms with Gasteiger partial charge in [-0.1, -0.05) is 29.8 Å². The number of ether oxygens (including phenoxy) is 2. The summed E-state index contributed by atoms with van der Waals surface area (Å²) in [4.78, 5) is 11.9. The van der Waals surface area contributed by atoms with Crippen molar-refractivity contribution in [1.82, 2.24) is 5.32 Å². The van der Waals surface area contributed by atoms with Gasteiger partial charge < -0.3 is 20.1 Å². The van der Waals surface area contributed by atoms with E-state index in [-0.39, 0.29) is 6.61 Å². The van der Waals surface area contributed by atoms with Crippen molar-refractivity contribution < 1.29 is 14.3 Å². The van der Waals surface area contributed by atoms with Crippen LogP contribution in [0.1, 0.15) is 22.8 Å². The van der Waals surface area contributed by atoms with Crippen molar-refractivity contribution >= 4 is 40.6 Å². The van der Waals surface area contributed by atoms with E-state index in [1.54, 1.807) is 32.2 Å². The van der Waals surface area contributed by atoms with Crippen LogP contribution in [0.3, 0.4) is 0 Å². The lowest BCUT2D eigenvalue weighted by Crippen LogP contribution is -2.28. The van der Waals surface area contributed by atoms with Crippen LogP contribution in [0.15, 0.2) is 42.5 Å². The Morgan fingerprint density at radius 3 is 2.72 bits per heavy atom. The minimum absolute atomic E-state index is 0.283. The number of para-hydroxylation sites is 1. The summed E-state index contributed by atoms with van der Waals surface area (Å²) in [6.45, 7) is 2.53. The molecule has 25 heavy (non-hydrogen) atoms. The van der Waals surface area contributed by atoms with Gasteiger partial charge in [-0.15, -0.1) is 0 Å². The van der Waals surface area contributed by atoms with Gasteiger partial charge in [-0.3, -0.25) is 0 Å². The minimum Gasteiger partial charge on any atom is -0.496 e. The Labute approximate surface area is 157 Å². The highest BCUT2D eigenvalue weighted by Crippen LogP contribution is 2.22. The second kappa shape index (κ2) is 9.25. The van der Waals surface area contributed by atoms with Crippen molar-refractivity contribution in [3.8, 4) is 5.75 Å². The number of carbonyl (C=O) groups is 1. The summed E-state index contributed by atoms with van der Waals surface area (Å²) in [5, 5.41) is 6.88. The highest BCUT2D eigenvalue weighted by Gasteiger charge is 2.12. The number of benzene rings is 2. The molecule has 0 atom stereocenters. The molecule has 0 spiro atoms. The van der Waals surface area contributed by atoms with Gasteiger partial charge in [0.25, 0.3) is 0 Å². The second-order valence-electron chi connectivity index (χ2n) is 5.03. The van der Waals surface area contributed by atoms with E-state index in [2.05, 4.69) is 10.6 Å². The molecular formula is C18H19ClN2O3S. The van der Waals surface area contributed by atoms with E-state index in [4.69, 9.17) is 33.3 Å². The lowest BCUT2D eigenvalue weighted by Gasteiger charge is -2.13. The Kier molecular flexibility index (Phi) is 7.03. The zero-order valence-electron chi connectivity index (χ0n) is 14.0. The van der Waals surface area contributed by atoms with Crippen molar-refractivity contribution in [3.63, 3.8) is 0 Å². The van der Waals surface area contributed by atoms with Crippen LogP contribution in [0.5, 0.6) is 5.75 Å². The molecule has 0 amide bonds. The molecule has 0 radical (unpaired) electrons. The maximum absolute atomic E-state index is 11.9. The van der Waals surface area contributed by atoms with Gasteiger partial charge in [-0.05, 0) is 43.4 Å². The van der Waals surface area contributed by atoms with Gasteiger partial charge in [0.05, 0.1) is 24.3 Å². The summed E-state index contributed by atoms with van der Waals surface area (Å²) in [5.41, 5.74) is 1.92. The van der Waals surface area contributed by atoms with Crippen LogP contribution in [0.4, 0.5) is 5.69 Å². The van der Waals surface area contributed by atoms with Crippen LogP contribution in [-0.4, -0.2) is 24.8 Å². The fraction of sp³-hybridized carbons (Fsp3) is 0.222. The van der Waals surface area contributed by atoms with Gasteiger partial charge in [-0.2, -0.15) is 0 Å². The maximum atomic E-state index is 11.9. The third kappa shape index (κ3) is 5.34. The molecule has 2 aromatic carbocycles. The number of halogens is 1. The van der Waals surface area contributed by atoms with Gasteiger partial charge in [0.2, 0.25) is 0 Å². The quantitative estimate of drug-likeness (QED) is 0.585. The molecule has 0 unspecified atom stereocenters. The molecule has 0 saturated carbocycles. The molecule has 0 bridgehead atoms. The van der Waals surface area contributed by atoms with Crippen LogP contribution >= 0.6 is 23.8 Å². The van der Waals surface area contributed by atoms with E-state index in [9.17, 15) is 4.79 Å². The van der Waals surface area contributed by atoms with Crippen LogP contribution in [0.2, 0.25) is 5.02 Å². The molecule has 132 valence electrons. The third-order valence-electron chi connectivity index (χ3n) is 3.35. The number of rotatable bonds is 6. The predicted molar refractivity (Wildman–Crippen MR) is 103 cm³/mol. The number of thiocarbonyl (C=S) groups is 1. The number of hydrogen-bond acceptors (Lipinski definition) is 4. The molecular weight excluding hydrogens is 360 g/mol. The molecule has 0 aliphatic carbocycles. The van der Waals surface area contributed by atoms with Gasteiger partial charge >= 0.3 is 5.97 Å². The summed E-state index contributed by atoms with van der Waals surface area (Å²) in [5.74, 6) is 0.318. The zero-order valence-corrected chi connectivity index (χ0v) is 15.5. The summed E-state index contributed by atoms with van der Waals surface area (Å²) in [6.07, 6.45) is 0. The molecule has 2 N–H and O–H groups in total. The number of nitrogens with one attached hydrogen (secondary N) is 2. The molecule has 0 aliphatic rings. The smallest absolute Gasteiger partial charge is 0.339 e. The standard InChI is InChI=1S/C18H19ClN2O3S/c1-3-24-17(22)14-10-13(8-9-15(14)19)21-18(25)20-11-12-6-4-5-7-16(12)23-2/h4-10H,3,11H2,1-2H3,(H2,20,21,25). The van der Waals surface area contributed by atoms with E-state index in [0.717, 1.165) is 11.3 Å². The highest BCUT2D eigenvalue weighted by molar-refractivity contribution is 7.80. The predicted octanol–water partition coefficient (Wildman–Crippen LogP) is 4.01. The summed E-state index contributed by atoms with van der Waals surface area (Å²) >= 11 is 11.3. The first kappa shape index (κ1) is 19.0. The van der Waals surface area contributed by atoms with Crippen LogP contribution in [0, 0.1) is 0 Å². The van der Waals surface area contributed by atoms with Gasteiger partial charge in [0, 0.05) is 17.8 Å². The summed E-state index contributed by atoms with van der Waals surface area (Å²) in [6, 6.07) is 12.6. The fourth-order valence-electron chi connectivity index (χ4n) is 2.17. The SMILES string of the molecule is CCOC(=O)c1cc(NC(=S)NCc2ccccc2OC)ccc1Cl. The Morgan fingerprint density at radius 2 is 2.00 bits per heavy atom. The minimum atomic E-state index is -0.468. The van der Waals surface area contributed by atoms with Crippen LogP contribution in [0.25, 0.3) is 0 Å². The van der Waals surface area contributed by atoms with Crippen molar-refractivity contribution in [2.45, 2.75) is 13.5 Å². The van der Waals surface area contributed by atoms with Crippen LogP contribution in [-0.2, 0) is 11.3 Å². The number of methoxy groups -OCH3 is 1. The molecule has 0 saturated heterocycles. The van der Waals surface area contributed by atoms with E-state index in [1.165, 1.54) is 0 Å². The summed E-state index contributed by atoms with van der Waals surface area (Å²) < 4.78 is 10.3. The van der Waals surface area contributed by atoms with E-state index < -0.39 is 5.97 Å². The first-order valence-corrected chi connectivity index (χ1v) is 8.47. The Balaban J connectivity index is 2.01. The number of anilines is 1. The van der Waals surface area contributed by atoms with E-state index >= 15 is 0 Å². The molecule has 0 heterocycles. The lowest BCUT2D eigenvalue weighted by molar-refractivity contribution is 0.0526.